The molecule has 0 unspecified atom stereocenters. The van der Waals surface area contributed by atoms with Crippen LogP contribution in [0.5, 0.6) is 5.75 Å². The van der Waals surface area contributed by atoms with E-state index in [0.29, 0.717) is 16.1 Å². The topological polar surface area (TPSA) is 73.6 Å². The molecular formula is C16H13N3O3S. The number of thiazole rings is 1. The molecule has 0 fully saturated rings. The molecule has 0 N–H and O–H groups in total. The average molecular weight is 327 g/mol. The van der Waals surface area contributed by atoms with Crippen LogP contribution in [0.4, 0.5) is 0 Å². The summed E-state index contributed by atoms with van der Waals surface area (Å²) in [5.74, 6) is 0.727. The van der Waals surface area contributed by atoms with Crippen molar-refractivity contribution in [2.45, 2.75) is 6.92 Å². The zero-order valence-electron chi connectivity index (χ0n) is 12.4. The zero-order valence-corrected chi connectivity index (χ0v) is 13.2. The van der Waals surface area contributed by atoms with Gasteiger partial charge >= 0.3 is 0 Å². The largest absolute Gasteiger partial charge is 0.490 e. The Morgan fingerprint density at radius 2 is 2.04 bits per heavy atom. The molecule has 0 aliphatic rings. The Morgan fingerprint density at radius 3 is 2.74 bits per heavy atom. The fourth-order valence-electron chi connectivity index (χ4n) is 1.95. The van der Waals surface area contributed by atoms with E-state index in [0.717, 1.165) is 27.2 Å². The van der Waals surface area contributed by atoms with Crippen molar-refractivity contribution in [1.82, 2.24) is 14.6 Å². The van der Waals surface area contributed by atoms with Gasteiger partial charge in [0.2, 0.25) is 4.96 Å². The van der Waals surface area contributed by atoms with Gasteiger partial charge in [0.1, 0.15) is 18.1 Å². The van der Waals surface area contributed by atoms with Crippen LogP contribution in [0.1, 0.15) is 11.3 Å². The van der Waals surface area contributed by atoms with Crippen LogP contribution >= 0.6 is 11.3 Å². The second-order valence-electron chi connectivity index (χ2n) is 4.78. The lowest BCUT2D eigenvalue weighted by atomic mass is 10.2. The summed E-state index contributed by atoms with van der Waals surface area (Å²) in [7, 11) is 0. The Kier molecular flexibility index (Phi) is 4.03. The summed E-state index contributed by atoms with van der Waals surface area (Å²) in [5, 5.41) is 3.98. The number of nitrogens with zero attached hydrogens (tertiary/aromatic N) is 3. The van der Waals surface area contributed by atoms with Crippen LogP contribution in [0, 0.1) is 6.92 Å². The molecule has 116 valence electrons. The fourth-order valence-corrected chi connectivity index (χ4v) is 2.86. The molecule has 1 aromatic carbocycles. The Hall–Kier alpha value is -2.80. The van der Waals surface area contributed by atoms with Crippen molar-refractivity contribution in [3.63, 3.8) is 0 Å². The van der Waals surface area contributed by atoms with E-state index in [9.17, 15) is 9.59 Å². The van der Waals surface area contributed by atoms with E-state index in [2.05, 4.69) is 16.7 Å². The predicted octanol–water partition coefficient (Wildman–Crippen LogP) is 0.932. The molecule has 0 bridgehead atoms. The lowest BCUT2D eigenvalue weighted by molar-refractivity contribution is 0.363. The molecule has 3 rings (SSSR count). The molecule has 3 aromatic rings. The monoisotopic (exact) mass is 327 g/mol. The summed E-state index contributed by atoms with van der Waals surface area (Å²) in [4.78, 5) is 28.0. The third kappa shape index (κ3) is 3.04. The molecule has 6 nitrogen and oxygen atoms in total. The number of benzene rings is 1. The minimum Gasteiger partial charge on any atom is -0.490 e. The maximum Gasteiger partial charge on any atom is 0.295 e. The van der Waals surface area contributed by atoms with Crippen LogP contribution in [0.2, 0.25) is 0 Å². The first-order chi connectivity index (χ1) is 11.1. The zero-order chi connectivity index (χ0) is 16.4. The van der Waals surface area contributed by atoms with Crippen molar-refractivity contribution >= 4 is 22.4 Å². The van der Waals surface area contributed by atoms with E-state index in [1.165, 1.54) is 6.92 Å². The molecule has 0 spiro atoms. The Labute approximate surface area is 135 Å². The number of aryl methyl sites for hydroxylation is 1. The smallest absolute Gasteiger partial charge is 0.295 e. The highest BCUT2D eigenvalue weighted by molar-refractivity contribution is 7.15. The SMILES string of the molecule is C=CCOc1ccc(C=c2sc3nc(=O)c(C)nn3c2=O)cc1. The third-order valence-electron chi connectivity index (χ3n) is 3.09. The predicted molar refractivity (Wildman–Crippen MR) is 89.1 cm³/mol. The molecule has 7 heteroatoms. The Morgan fingerprint density at radius 1 is 1.30 bits per heavy atom. The number of aromatic nitrogens is 3. The summed E-state index contributed by atoms with van der Waals surface area (Å²) in [6.45, 7) is 5.56. The van der Waals surface area contributed by atoms with Gasteiger partial charge in [0.25, 0.3) is 11.1 Å². The lowest BCUT2D eigenvalue weighted by Gasteiger charge is -2.02. The molecule has 0 amide bonds. The number of rotatable bonds is 4. The maximum atomic E-state index is 12.3. The lowest BCUT2D eigenvalue weighted by Crippen LogP contribution is -2.27. The summed E-state index contributed by atoms with van der Waals surface area (Å²) in [6.07, 6.45) is 3.41. The average Bonchev–Trinajstić information content (AvgIpc) is 2.83. The highest BCUT2D eigenvalue weighted by atomic mass is 32.1. The standard InChI is InChI=1S/C16H13N3O3S/c1-3-8-22-12-6-4-11(5-7-12)9-13-15(21)19-16(23-13)17-14(20)10(2)18-19/h3-7,9H,1,8H2,2H3. The summed E-state index contributed by atoms with van der Waals surface area (Å²) in [5.41, 5.74) is 0.348. The molecule has 0 radical (unpaired) electrons. The van der Waals surface area contributed by atoms with E-state index in [-0.39, 0.29) is 11.3 Å². The van der Waals surface area contributed by atoms with Crippen LogP contribution in [-0.2, 0) is 0 Å². The molecule has 0 aliphatic carbocycles. The molecule has 0 atom stereocenters. The van der Waals surface area contributed by atoms with Gasteiger partial charge in [-0.1, -0.05) is 36.1 Å². The van der Waals surface area contributed by atoms with E-state index in [1.54, 1.807) is 12.2 Å². The van der Waals surface area contributed by atoms with E-state index < -0.39 is 5.56 Å². The van der Waals surface area contributed by atoms with Crippen LogP contribution in [-0.4, -0.2) is 21.2 Å². The highest BCUT2D eigenvalue weighted by Crippen LogP contribution is 2.12. The van der Waals surface area contributed by atoms with E-state index >= 15 is 0 Å². The Bertz CT molecular complexity index is 1040. The quantitative estimate of drug-likeness (QED) is 0.667. The highest BCUT2D eigenvalue weighted by Gasteiger charge is 2.08. The van der Waals surface area contributed by atoms with Crippen LogP contribution in [0.3, 0.4) is 0 Å². The molecule has 2 aromatic heterocycles. The van der Waals surface area contributed by atoms with E-state index in [4.69, 9.17) is 4.74 Å². The third-order valence-corrected chi connectivity index (χ3v) is 4.05. The molecule has 0 saturated carbocycles. The second-order valence-corrected chi connectivity index (χ2v) is 5.79. The van der Waals surface area contributed by atoms with Gasteiger partial charge in [0, 0.05) is 0 Å². The van der Waals surface area contributed by atoms with Gasteiger partial charge in [0.05, 0.1) is 4.53 Å². The van der Waals surface area contributed by atoms with Crippen molar-refractivity contribution < 1.29 is 4.74 Å². The van der Waals surface area contributed by atoms with Crippen molar-refractivity contribution in [2.75, 3.05) is 6.61 Å². The van der Waals surface area contributed by atoms with Crippen LogP contribution in [0.15, 0.2) is 46.5 Å². The van der Waals surface area contributed by atoms with Crippen molar-refractivity contribution in [3.05, 3.63) is 73.4 Å². The van der Waals surface area contributed by atoms with Gasteiger partial charge in [-0.15, -0.1) is 0 Å². The first-order valence-corrected chi connectivity index (χ1v) is 7.66. The van der Waals surface area contributed by atoms with Gasteiger partial charge < -0.3 is 4.74 Å². The molecule has 0 saturated heterocycles. The van der Waals surface area contributed by atoms with Crippen molar-refractivity contribution in [3.8, 4) is 5.75 Å². The fraction of sp³-hybridized carbons (Fsp3) is 0.125. The minimum absolute atomic E-state index is 0.202. The molecule has 23 heavy (non-hydrogen) atoms. The van der Waals surface area contributed by atoms with Gasteiger partial charge in [-0.3, -0.25) is 9.59 Å². The first-order valence-electron chi connectivity index (χ1n) is 6.84. The summed E-state index contributed by atoms with van der Waals surface area (Å²) >= 11 is 1.14. The first kappa shape index (κ1) is 15.1. The van der Waals surface area contributed by atoms with E-state index in [1.807, 2.05) is 24.3 Å². The Balaban J connectivity index is 2.04. The summed E-state index contributed by atoms with van der Waals surface area (Å²) < 4.78 is 7.04. The number of hydrogen-bond acceptors (Lipinski definition) is 6. The van der Waals surface area contributed by atoms with Crippen molar-refractivity contribution in [2.24, 2.45) is 0 Å². The van der Waals surface area contributed by atoms with Crippen molar-refractivity contribution in [1.29, 1.82) is 0 Å². The summed E-state index contributed by atoms with van der Waals surface area (Å²) in [6, 6.07) is 7.32. The molecular weight excluding hydrogens is 314 g/mol. The van der Waals surface area contributed by atoms with Gasteiger partial charge in [-0.2, -0.15) is 14.6 Å². The van der Waals surface area contributed by atoms with Crippen LogP contribution < -0.4 is 20.4 Å². The number of hydrogen-bond donors (Lipinski definition) is 0. The molecule has 2 heterocycles. The van der Waals surface area contributed by atoms with Crippen LogP contribution in [0.25, 0.3) is 11.0 Å². The minimum atomic E-state index is -0.415. The van der Waals surface area contributed by atoms with Gasteiger partial charge in [-0.25, -0.2) is 0 Å². The maximum absolute atomic E-state index is 12.3. The van der Waals surface area contributed by atoms with Gasteiger partial charge in [0.15, 0.2) is 0 Å². The van der Waals surface area contributed by atoms with Gasteiger partial charge in [-0.05, 0) is 30.7 Å². The number of ether oxygens (including phenoxy) is 1. The normalized spacial score (nSPS) is 11.8. The second kappa shape index (κ2) is 6.13. The molecule has 0 aliphatic heterocycles. The number of fused-ring (bicyclic) bond motifs is 1.